The van der Waals surface area contributed by atoms with Gasteiger partial charge in [0, 0.05) is 12.6 Å². The highest BCUT2D eigenvalue weighted by Gasteiger charge is 2.29. The summed E-state index contributed by atoms with van der Waals surface area (Å²) in [6.45, 7) is 3.03. The van der Waals surface area contributed by atoms with Gasteiger partial charge in [0.1, 0.15) is 6.10 Å². The van der Waals surface area contributed by atoms with E-state index in [1.165, 1.54) is 11.1 Å². The van der Waals surface area contributed by atoms with Gasteiger partial charge < -0.3 is 10.1 Å². The van der Waals surface area contributed by atoms with Crippen LogP contribution in [-0.2, 0) is 4.74 Å². The summed E-state index contributed by atoms with van der Waals surface area (Å²) in [6, 6.07) is 21.8. The van der Waals surface area contributed by atoms with E-state index in [1.54, 1.807) is 0 Å². The van der Waals surface area contributed by atoms with Crippen molar-refractivity contribution in [1.29, 1.82) is 0 Å². The van der Waals surface area contributed by atoms with Crippen LogP contribution in [-0.4, -0.2) is 12.6 Å². The smallest absolute Gasteiger partial charge is 0.102 e. The number of benzene rings is 2. The Kier molecular flexibility index (Phi) is 4.14. The second kappa shape index (κ2) is 6.21. The number of hydrogen-bond acceptors (Lipinski definition) is 2. The Bertz CT molecular complexity index is 526. The van der Waals surface area contributed by atoms with Crippen LogP contribution in [0.1, 0.15) is 36.6 Å². The van der Waals surface area contributed by atoms with E-state index in [9.17, 15) is 0 Å². The first-order valence-corrected chi connectivity index (χ1v) is 7.32. The average Bonchev–Trinajstić information content (AvgIpc) is 2.71. The zero-order valence-electron chi connectivity index (χ0n) is 11.8. The molecule has 1 aliphatic rings. The summed E-state index contributed by atoms with van der Waals surface area (Å²) in [7, 11) is 0. The van der Waals surface area contributed by atoms with Gasteiger partial charge in [0.15, 0.2) is 0 Å². The lowest BCUT2D eigenvalue weighted by molar-refractivity contribution is 0.0416. The fourth-order valence-corrected chi connectivity index (χ4v) is 2.81. The summed E-state index contributed by atoms with van der Waals surface area (Å²) in [5.41, 5.74) is 2.53. The molecule has 0 aliphatic carbocycles. The highest BCUT2D eigenvalue weighted by Crippen LogP contribution is 2.34. The highest BCUT2D eigenvalue weighted by atomic mass is 16.5. The molecule has 1 aliphatic heterocycles. The third-order valence-electron chi connectivity index (χ3n) is 3.90. The van der Waals surface area contributed by atoms with Crippen molar-refractivity contribution in [2.24, 2.45) is 0 Å². The molecule has 0 amide bonds. The van der Waals surface area contributed by atoms with Crippen LogP contribution in [0.2, 0.25) is 0 Å². The van der Waals surface area contributed by atoms with Gasteiger partial charge in [-0.15, -0.1) is 0 Å². The molecule has 2 nitrogen and oxygen atoms in total. The first-order chi connectivity index (χ1) is 9.84. The van der Waals surface area contributed by atoms with Crippen molar-refractivity contribution < 1.29 is 4.74 Å². The molecule has 3 rings (SSSR count). The summed E-state index contributed by atoms with van der Waals surface area (Å²) in [6.07, 6.45) is 1.12. The summed E-state index contributed by atoms with van der Waals surface area (Å²) in [4.78, 5) is 0. The van der Waals surface area contributed by atoms with Crippen LogP contribution < -0.4 is 5.32 Å². The van der Waals surface area contributed by atoms with Gasteiger partial charge in [0.05, 0.1) is 6.04 Å². The maximum absolute atomic E-state index is 6.16. The first kappa shape index (κ1) is 13.3. The van der Waals surface area contributed by atoms with Crippen LogP contribution in [0.5, 0.6) is 0 Å². The Balaban J connectivity index is 1.96. The third kappa shape index (κ3) is 2.92. The van der Waals surface area contributed by atoms with Crippen molar-refractivity contribution in [3.63, 3.8) is 0 Å². The lowest BCUT2D eigenvalue weighted by Gasteiger charge is -2.27. The average molecular weight is 267 g/mol. The predicted octanol–water partition coefficient (Wildman–Crippen LogP) is 3.87. The SMILES string of the molecule is CC1CCOC(c2ccccc2)C(c2ccccc2)N1. The molecule has 20 heavy (non-hydrogen) atoms. The van der Waals surface area contributed by atoms with Gasteiger partial charge in [-0.3, -0.25) is 0 Å². The molecule has 1 fully saturated rings. The summed E-state index contributed by atoms with van der Waals surface area (Å²) < 4.78 is 6.16. The molecular formula is C18H21NO. The van der Waals surface area contributed by atoms with Crippen molar-refractivity contribution in [2.75, 3.05) is 6.61 Å². The highest BCUT2D eigenvalue weighted by molar-refractivity contribution is 5.27. The molecule has 0 radical (unpaired) electrons. The van der Waals surface area contributed by atoms with Crippen molar-refractivity contribution in [3.05, 3.63) is 71.8 Å². The lowest BCUT2D eigenvalue weighted by Crippen LogP contribution is -2.32. The van der Waals surface area contributed by atoms with Crippen LogP contribution in [0.15, 0.2) is 60.7 Å². The van der Waals surface area contributed by atoms with Crippen molar-refractivity contribution in [1.82, 2.24) is 5.32 Å². The predicted molar refractivity (Wildman–Crippen MR) is 81.5 cm³/mol. The van der Waals surface area contributed by atoms with Crippen molar-refractivity contribution in [2.45, 2.75) is 31.5 Å². The van der Waals surface area contributed by atoms with Crippen LogP contribution >= 0.6 is 0 Å². The quantitative estimate of drug-likeness (QED) is 0.892. The fraction of sp³-hybridized carbons (Fsp3) is 0.333. The summed E-state index contributed by atoms with van der Waals surface area (Å²) in [5, 5.41) is 3.72. The lowest BCUT2D eigenvalue weighted by atomic mass is 9.95. The number of nitrogens with one attached hydrogen (secondary N) is 1. The van der Waals surface area contributed by atoms with E-state index in [4.69, 9.17) is 4.74 Å². The van der Waals surface area contributed by atoms with Gasteiger partial charge in [-0.2, -0.15) is 0 Å². The maximum Gasteiger partial charge on any atom is 0.102 e. The van der Waals surface area contributed by atoms with Gasteiger partial charge in [-0.05, 0) is 24.5 Å². The van der Waals surface area contributed by atoms with Crippen LogP contribution in [0.3, 0.4) is 0 Å². The number of rotatable bonds is 2. The molecule has 1 saturated heterocycles. The Morgan fingerprint density at radius 1 is 0.900 bits per heavy atom. The van der Waals surface area contributed by atoms with Gasteiger partial charge in [-0.1, -0.05) is 60.7 Å². The molecule has 0 bridgehead atoms. The second-order valence-electron chi connectivity index (χ2n) is 5.45. The Labute approximate surface area is 120 Å². The molecule has 2 aromatic carbocycles. The Hall–Kier alpha value is -1.64. The van der Waals surface area contributed by atoms with Crippen molar-refractivity contribution >= 4 is 0 Å². The van der Waals surface area contributed by atoms with Gasteiger partial charge in [0.2, 0.25) is 0 Å². The minimum Gasteiger partial charge on any atom is -0.371 e. The zero-order valence-corrected chi connectivity index (χ0v) is 11.8. The van der Waals surface area contributed by atoms with E-state index >= 15 is 0 Å². The standard InChI is InChI=1S/C18H21NO/c1-14-12-13-20-18(16-10-6-3-7-11-16)17(19-14)15-8-4-2-5-9-15/h2-11,14,17-19H,12-13H2,1H3. The minimum atomic E-state index is 0.0727. The minimum absolute atomic E-state index is 0.0727. The number of ether oxygens (including phenoxy) is 1. The topological polar surface area (TPSA) is 21.3 Å². The van der Waals surface area contributed by atoms with E-state index in [0.29, 0.717) is 6.04 Å². The van der Waals surface area contributed by atoms with E-state index in [1.807, 2.05) is 6.07 Å². The number of hydrogen-bond donors (Lipinski definition) is 1. The molecule has 2 aromatic rings. The molecule has 104 valence electrons. The summed E-state index contributed by atoms with van der Waals surface area (Å²) >= 11 is 0. The second-order valence-corrected chi connectivity index (χ2v) is 5.45. The normalized spacial score (nSPS) is 26.9. The van der Waals surface area contributed by atoms with Crippen LogP contribution in [0, 0.1) is 0 Å². The molecule has 2 heteroatoms. The fourth-order valence-electron chi connectivity index (χ4n) is 2.81. The molecule has 0 aromatic heterocycles. The van der Waals surface area contributed by atoms with Gasteiger partial charge in [0.25, 0.3) is 0 Å². The van der Waals surface area contributed by atoms with Crippen molar-refractivity contribution in [3.8, 4) is 0 Å². The molecule has 3 unspecified atom stereocenters. The Morgan fingerprint density at radius 3 is 2.15 bits per heavy atom. The molecule has 0 spiro atoms. The largest absolute Gasteiger partial charge is 0.371 e. The summed E-state index contributed by atoms with van der Waals surface area (Å²) in [5.74, 6) is 0. The van der Waals surface area contributed by atoms with Gasteiger partial charge in [-0.25, -0.2) is 0 Å². The zero-order chi connectivity index (χ0) is 13.8. The van der Waals surface area contributed by atoms with Gasteiger partial charge >= 0.3 is 0 Å². The molecule has 1 N–H and O–H groups in total. The Morgan fingerprint density at radius 2 is 1.50 bits per heavy atom. The molecule has 0 saturated carbocycles. The van der Waals surface area contributed by atoms with Crippen LogP contribution in [0.4, 0.5) is 0 Å². The van der Waals surface area contributed by atoms with E-state index in [0.717, 1.165) is 13.0 Å². The molecule has 1 heterocycles. The van der Waals surface area contributed by atoms with E-state index in [-0.39, 0.29) is 12.1 Å². The maximum atomic E-state index is 6.16. The monoisotopic (exact) mass is 267 g/mol. The van der Waals surface area contributed by atoms with E-state index < -0.39 is 0 Å². The third-order valence-corrected chi connectivity index (χ3v) is 3.90. The first-order valence-electron chi connectivity index (χ1n) is 7.32. The van der Waals surface area contributed by atoms with E-state index in [2.05, 4.69) is 66.8 Å². The molecular weight excluding hydrogens is 246 g/mol. The van der Waals surface area contributed by atoms with Crippen LogP contribution in [0.25, 0.3) is 0 Å². The molecule has 3 atom stereocenters.